The third kappa shape index (κ3) is 8.36. The maximum absolute atomic E-state index is 5.95. The molecule has 0 fully saturated rings. The van der Waals surface area contributed by atoms with E-state index in [0.717, 1.165) is 5.75 Å². The van der Waals surface area contributed by atoms with Gasteiger partial charge in [0.05, 0.1) is 7.11 Å². The van der Waals surface area contributed by atoms with Gasteiger partial charge in [0.15, 0.2) is 0 Å². The number of halogens is 2. The topological polar surface area (TPSA) is 9.23 Å². The Morgan fingerprint density at radius 2 is 1.18 bits per heavy atom. The molecule has 50 heavy (non-hydrogen) atoms. The number of benzene rings is 4. The van der Waals surface area contributed by atoms with Gasteiger partial charge in [-0.25, -0.2) is 0 Å². The summed E-state index contributed by atoms with van der Waals surface area (Å²) in [5.74, 6) is 1.01. The summed E-state index contributed by atoms with van der Waals surface area (Å²) >= 11 is -0.826. The molecule has 0 atom stereocenters. The summed E-state index contributed by atoms with van der Waals surface area (Å²) in [5, 5.41) is 5.43. The van der Waals surface area contributed by atoms with Crippen LogP contribution in [0.2, 0.25) is 0 Å². The Kier molecular flexibility index (Phi) is 12.0. The number of hydrogen-bond donors (Lipinski definition) is 0. The summed E-state index contributed by atoms with van der Waals surface area (Å²) in [5.41, 5.74) is 16.6. The van der Waals surface area contributed by atoms with Gasteiger partial charge in [0.2, 0.25) is 0 Å². The van der Waals surface area contributed by atoms with Crippen molar-refractivity contribution in [1.82, 2.24) is 0 Å². The maximum atomic E-state index is 5.95. The average molecular weight is 783 g/mol. The standard InChI is InChI=1S/C23H27O.C23H25.2ClH.Zr/c1-14-8-15(2)11-18(10-14)21-19-12-16(3)9-17(19)13-20(22(21)24-7)23(4,5)6;1-15-12-18-14-17-6-5-7-20(17)22(21(18)13-15)16-8-10-19(11-9-16)23(2,3)4;;;/h8-13H,1-7H3;8-14H,5-7H2,1-4H3;2*1H;/q2*-1;;;+4/p-2. The predicted molar refractivity (Wildman–Crippen MR) is 217 cm³/mol. The van der Waals surface area contributed by atoms with Gasteiger partial charge >= 0.3 is 37.9 Å². The number of aryl methyl sites for hydroxylation is 5. The van der Waals surface area contributed by atoms with Crippen LogP contribution in [0.4, 0.5) is 0 Å². The van der Waals surface area contributed by atoms with E-state index in [1.54, 1.807) is 18.2 Å². The average Bonchev–Trinajstić information content (AvgIpc) is 3.75. The molecular weight excluding hydrogens is 731 g/mol. The van der Waals surface area contributed by atoms with Gasteiger partial charge < -0.3 is 4.74 Å². The summed E-state index contributed by atoms with van der Waals surface area (Å²) < 4.78 is 5.95. The van der Waals surface area contributed by atoms with Crippen LogP contribution in [0.15, 0.2) is 78.9 Å². The Morgan fingerprint density at radius 3 is 1.70 bits per heavy atom. The molecule has 0 radical (unpaired) electrons. The van der Waals surface area contributed by atoms with E-state index in [4.69, 9.17) is 21.8 Å². The van der Waals surface area contributed by atoms with Crippen LogP contribution in [-0.2, 0) is 44.5 Å². The number of rotatable bonds is 3. The quantitative estimate of drug-likeness (QED) is 0.163. The van der Waals surface area contributed by atoms with Crippen LogP contribution in [0.1, 0.15) is 92.5 Å². The summed E-state index contributed by atoms with van der Waals surface area (Å²) in [4.78, 5) is 0. The van der Waals surface area contributed by atoms with Crippen molar-refractivity contribution in [1.29, 1.82) is 0 Å². The fourth-order valence-corrected chi connectivity index (χ4v) is 7.70. The number of ether oxygens (including phenoxy) is 1. The number of methoxy groups -OCH3 is 1. The molecular formula is C46H52Cl2OZr. The molecule has 6 aromatic carbocycles. The Balaban J connectivity index is 0.000000180. The van der Waals surface area contributed by atoms with Crippen molar-refractivity contribution in [2.75, 3.05) is 7.11 Å². The molecule has 6 aromatic rings. The van der Waals surface area contributed by atoms with Crippen LogP contribution in [0.5, 0.6) is 5.75 Å². The molecule has 0 aliphatic heterocycles. The molecule has 0 amide bonds. The molecule has 0 unspecified atom stereocenters. The Labute approximate surface area is 319 Å². The van der Waals surface area contributed by atoms with Crippen molar-refractivity contribution in [2.45, 2.75) is 99.3 Å². The minimum atomic E-state index is -0.826. The first-order chi connectivity index (χ1) is 23.5. The van der Waals surface area contributed by atoms with Crippen molar-refractivity contribution in [3.63, 3.8) is 0 Å². The number of fused-ring (bicyclic) bond motifs is 3. The molecule has 0 N–H and O–H groups in total. The van der Waals surface area contributed by atoms with Gasteiger partial charge in [-0.2, -0.15) is 12.1 Å². The first kappa shape index (κ1) is 38.6. The summed E-state index contributed by atoms with van der Waals surface area (Å²) in [6.45, 7) is 22.3. The third-order valence-electron chi connectivity index (χ3n) is 9.90. The third-order valence-corrected chi connectivity index (χ3v) is 9.90. The first-order valence-corrected chi connectivity index (χ1v) is 24.0. The molecule has 7 rings (SSSR count). The van der Waals surface area contributed by atoms with Gasteiger partial charge in [-0.15, -0.1) is 56.9 Å². The van der Waals surface area contributed by atoms with Gasteiger partial charge in [0.1, 0.15) is 5.75 Å². The second-order valence-electron chi connectivity index (χ2n) is 16.2. The van der Waals surface area contributed by atoms with E-state index < -0.39 is 20.8 Å². The van der Waals surface area contributed by atoms with E-state index in [-0.39, 0.29) is 10.8 Å². The molecule has 0 saturated carbocycles. The summed E-state index contributed by atoms with van der Waals surface area (Å²) in [7, 11) is 11.7. The van der Waals surface area contributed by atoms with Gasteiger partial charge in [0.25, 0.3) is 0 Å². The molecule has 1 aliphatic rings. The SMILES string of the molecule is COc1c(C(C)(C)C)cc2[cH-]c(C)cc2c1-c1cc(C)cc(C)c1.Cc1cc2c(-c3ccc(C(C)(C)C)cc3)c3c(cc2[cH-]1)CCC3.[Cl][Zr+2][Cl]. The molecule has 0 heterocycles. The molecule has 0 saturated heterocycles. The zero-order valence-electron chi connectivity index (χ0n) is 31.8. The Bertz CT molecular complexity index is 2090. The Hall–Kier alpha value is -2.64. The van der Waals surface area contributed by atoms with Crippen LogP contribution in [0.25, 0.3) is 43.8 Å². The molecule has 1 nitrogen and oxygen atoms in total. The van der Waals surface area contributed by atoms with Crippen LogP contribution in [0.3, 0.4) is 0 Å². The van der Waals surface area contributed by atoms with Crippen molar-refractivity contribution in [2.24, 2.45) is 0 Å². The minimum absolute atomic E-state index is 0.0261. The van der Waals surface area contributed by atoms with E-state index in [0.29, 0.717) is 0 Å². The van der Waals surface area contributed by atoms with Gasteiger partial charge in [0, 0.05) is 0 Å². The first-order valence-electron chi connectivity index (χ1n) is 17.7. The van der Waals surface area contributed by atoms with Crippen LogP contribution in [0, 0.1) is 27.7 Å². The number of hydrogen-bond acceptors (Lipinski definition) is 1. The molecule has 0 aromatic heterocycles. The molecule has 260 valence electrons. The fraction of sp³-hybridized carbons (Fsp3) is 0.348. The molecule has 0 spiro atoms. The van der Waals surface area contributed by atoms with Crippen molar-refractivity contribution >= 4 is 38.6 Å². The van der Waals surface area contributed by atoms with E-state index in [2.05, 4.69) is 148 Å². The van der Waals surface area contributed by atoms with Crippen molar-refractivity contribution in [3.05, 3.63) is 123 Å². The van der Waals surface area contributed by atoms with E-state index in [9.17, 15) is 0 Å². The van der Waals surface area contributed by atoms with Gasteiger partial charge in [-0.1, -0.05) is 126 Å². The van der Waals surface area contributed by atoms with Crippen molar-refractivity contribution in [3.8, 4) is 28.0 Å². The van der Waals surface area contributed by atoms with Crippen LogP contribution < -0.4 is 4.74 Å². The zero-order chi connectivity index (χ0) is 36.5. The summed E-state index contributed by atoms with van der Waals surface area (Å²) in [6, 6.07) is 30.0. The molecule has 0 bridgehead atoms. The van der Waals surface area contributed by atoms with E-state index >= 15 is 0 Å². The molecule has 4 heteroatoms. The van der Waals surface area contributed by atoms with E-state index in [1.165, 1.54) is 96.4 Å². The van der Waals surface area contributed by atoms with Crippen LogP contribution >= 0.6 is 17.0 Å². The van der Waals surface area contributed by atoms with Crippen LogP contribution in [-0.4, -0.2) is 7.11 Å². The summed E-state index contributed by atoms with van der Waals surface area (Å²) in [6.07, 6.45) is 3.77. The second-order valence-corrected chi connectivity index (χ2v) is 19.9. The van der Waals surface area contributed by atoms with Gasteiger partial charge in [-0.3, -0.25) is 0 Å². The predicted octanol–water partition coefficient (Wildman–Crippen LogP) is 14.2. The normalized spacial score (nSPS) is 12.6. The van der Waals surface area contributed by atoms with Crippen molar-refractivity contribution < 1.29 is 25.6 Å². The fourth-order valence-electron chi connectivity index (χ4n) is 7.70. The van der Waals surface area contributed by atoms with Gasteiger partial charge in [-0.05, 0) is 71.8 Å². The van der Waals surface area contributed by atoms with E-state index in [1.807, 2.05) is 0 Å². The molecule has 1 aliphatic carbocycles. The monoisotopic (exact) mass is 780 g/mol. The zero-order valence-corrected chi connectivity index (χ0v) is 35.8. The second kappa shape index (κ2) is 15.5. The Morgan fingerprint density at radius 1 is 0.640 bits per heavy atom.